The second-order valence-electron chi connectivity index (χ2n) is 3.73. The zero-order valence-corrected chi connectivity index (χ0v) is 13.5. The van der Waals surface area contributed by atoms with Gasteiger partial charge in [-0.05, 0) is 58.5 Å². The van der Waals surface area contributed by atoms with Crippen LogP contribution in [-0.2, 0) is 0 Å². The number of halogens is 4. The molecule has 0 bridgehead atoms. The van der Waals surface area contributed by atoms with Crippen LogP contribution >= 0.6 is 50.1 Å². The number of hydrogen-bond donors (Lipinski definition) is 1. The fraction of sp³-hybridized carbons (Fsp3) is 0.0769. The fourth-order valence-electron chi connectivity index (χ4n) is 1.61. The van der Waals surface area contributed by atoms with Gasteiger partial charge in [-0.1, -0.05) is 33.6 Å². The van der Waals surface area contributed by atoms with Crippen LogP contribution in [0.25, 0.3) is 0 Å². The van der Waals surface area contributed by atoms with E-state index in [1.165, 1.54) is 12.1 Å². The Morgan fingerprint density at radius 1 is 1.17 bits per heavy atom. The average molecular weight is 441 g/mol. The monoisotopic (exact) mass is 440 g/mol. The molecule has 0 aliphatic carbocycles. The molecule has 0 radical (unpaired) electrons. The summed E-state index contributed by atoms with van der Waals surface area (Å²) in [4.78, 5) is 0. The minimum atomic E-state index is -1.01. The molecule has 1 atom stereocenters. The molecule has 1 N–H and O–H groups in total. The highest BCUT2D eigenvalue weighted by atomic mass is 127. The van der Waals surface area contributed by atoms with Gasteiger partial charge in [-0.25, -0.2) is 4.39 Å². The van der Waals surface area contributed by atoms with Gasteiger partial charge in [-0.2, -0.15) is 0 Å². The molecular formula is C13H8BrClFIO. The molecule has 0 saturated carbocycles. The first-order chi connectivity index (χ1) is 8.49. The van der Waals surface area contributed by atoms with Gasteiger partial charge in [0.05, 0.1) is 0 Å². The molecule has 0 spiro atoms. The van der Waals surface area contributed by atoms with E-state index in [-0.39, 0.29) is 5.56 Å². The van der Waals surface area contributed by atoms with E-state index in [2.05, 4.69) is 38.5 Å². The van der Waals surface area contributed by atoms with Crippen molar-refractivity contribution in [3.63, 3.8) is 0 Å². The SMILES string of the molecule is OC(c1ccc(Cl)cc1F)c1cc(Br)ccc1I. The van der Waals surface area contributed by atoms with Gasteiger partial charge in [0.1, 0.15) is 11.9 Å². The zero-order valence-electron chi connectivity index (χ0n) is 9.00. The Bertz CT molecular complexity index is 591. The minimum Gasteiger partial charge on any atom is -0.384 e. The van der Waals surface area contributed by atoms with Crippen LogP contribution < -0.4 is 0 Å². The Balaban J connectivity index is 2.47. The van der Waals surface area contributed by atoms with Crippen LogP contribution in [0.15, 0.2) is 40.9 Å². The van der Waals surface area contributed by atoms with Gasteiger partial charge in [0.25, 0.3) is 0 Å². The number of hydrogen-bond acceptors (Lipinski definition) is 1. The Morgan fingerprint density at radius 2 is 1.89 bits per heavy atom. The maximum absolute atomic E-state index is 13.8. The van der Waals surface area contributed by atoms with Crippen molar-refractivity contribution in [2.75, 3.05) is 0 Å². The standard InChI is InChI=1S/C13H8BrClFIO/c14-7-1-4-12(17)10(5-7)13(18)9-3-2-8(15)6-11(9)16/h1-6,13,18H. The van der Waals surface area contributed by atoms with E-state index in [9.17, 15) is 9.50 Å². The van der Waals surface area contributed by atoms with E-state index < -0.39 is 11.9 Å². The molecule has 0 aromatic heterocycles. The zero-order chi connectivity index (χ0) is 13.3. The summed E-state index contributed by atoms with van der Waals surface area (Å²) >= 11 is 11.1. The van der Waals surface area contributed by atoms with Gasteiger partial charge in [-0.3, -0.25) is 0 Å². The molecule has 0 aliphatic rings. The Hall–Kier alpha value is -0.170. The van der Waals surface area contributed by atoms with Crippen molar-refractivity contribution in [2.45, 2.75) is 6.10 Å². The lowest BCUT2D eigenvalue weighted by Crippen LogP contribution is -2.04. The highest BCUT2D eigenvalue weighted by molar-refractivity contribution is 14.1. The smallest absolute Gasteiger partial charge is 0.130 e. The lowest BCUT2D eigenvalue weighted by atomic mass is 10.0. The van der Waals surface area contributed by atoms with Gasteiger partial charge in [0.2, 0.25) is 0 Å². The van der Waals surface area contributed by atoms with Crippen molar-refractivity contribution in [2.24, 2.45) is 0 Å². The van der Waals surface area contributed by atoms with Gasteiger partial charge in [-0.15, -0.1) is 0 Å². The normalized spacial score (nSPS) is 12.5. The first-order valence-corrected chi connectivity index (χ1v) is 7.32. The van der Waals surface area contributed by atoms with Crippen LogP contribution in [0.1, 0.15) is 17.2 Å². The molecule has 2 aromatic carbocycles. The van der Waals surface area contributed by atoms with Crippen molar-refractivity contribution >= 4 is 50.1 Å². The summed E-state index contributed by atoms with van der Waals surface area (Å²) in [5, 5.41) is 10.6. The van der Waals surface area contributed by atoms with Crippen molar-refractivity contribution in [1.29, 1.82) is 0 Å². The molecule has 2 aromatic rings. The third-order valence-corrected chi connectivity index (χ3v) is 4.22. The molecule has 1 unspecified atom stereocenters. The van der Waals surface area contributed by atoms with E-state index >= 15 is 0 Å². The average Bonchev–Trinajstić information content (AvgIpc) is 2.31. The van der Waals surface area contributed by atoms with E-state index in [4.69, 9.17) is 11.6 Å². The van der Waals surface area contributed by atoms with Gasteiger partial charge in [0.15, 0.2) is 0 Å². The maximum atomic E-state index is 13.8. The van der Waals surface area contributed by atoms with Crippen molar-refractivity contribution in [1.82, 2.24) is 0 Å². The van der Waals surface area contributed by atoms with Gasteiger partial charge >= 0.3 is 0 Å². The van der Waals surface area contributed by atoms with Gasteiger partial charge < -0.3 is 5.11 Å². The topological polar surface area (TPSA) is 20.2 Å². The molecule has 0 saturated heterocycles. The molecule has 0 fully saturated rings. The number of aliphatic hydroxyl groups is 1. The second-order valence-corrected chi connectivity index (χ2v) is 6.25. The summed E-state index contributed by atoms with van der Waals surface area (Å²) in [6.07, 6.45) is -1.01. The second kappa shape index (κ2) is 5.86. The predicted molar refractivity (Wildman–Crippen MR) is 82.3 cm³/mol. The summed E-state index contributed by atoms with van der Waals surface area (Å²) in [5.74, 6) is -0.509. The van der Waals surface area contributed by atoms with Crippen molar-refractivity contribution in [3.8, 4) is 0 Å². The molecular weight excluding hydrogens is 433 g/mol. The van der Waals surface area contributed by atoms with Gasteiger partial charge in [0, 0.05) is 18.6 Å². The number of aliphatic hydroxyl groups excluding tert-OH is 1. The third-order valence-electron chi connectivity index (χ3n) is 2.51. The van der Waals surface area contributed by atoms with Crippen molar-refractivity contribution < 1.29 is 9.50 Å². The van der Waals surface area contributed by atoms with Crippen LogP contribution in [0.2, 0.25) is 5.02 Å². The summed E-state index contributed by atoms with van der Waals surface area (Å²) < 4.78 is 15.5. The molecule has 0 amide bonds. The Kier molecular flexibility index (Phi) is 4.64. The van der Waals surface area contributed by atoms with E-state index in [0.29, 0.717) is 10.6 Å². The highest BCUT2D eigenvalue weighted by Crippen LogP contribution is 2.30. The fourth-order valence-corrected chi connectivity index (χ4v) is 2.78. The van der Waals surface area contributed by atoms with E-state index in [1.807, 2.05) is 12.1 Å². The predicted octanol–water partition coefficient (Wildman–Crippen LogP) is 4.93. The molecule has 1 nitrogen and oxygen atoms in total. The van der Waals surface area contributed by atoms with Crippen LogP contribution in [0.5, 0.6) is 0 Å². The lowest BCUT2D eigenvalue weighted by molar-refractivity contribution is 0.214. The Labute approximate surface area is 131 Å². The molecule has 0 aliphatic heterocycles. The summed E-state index contributed by atoms with van der Waals surface area (Å²) in [7, 11) is 0. The highest BCUT2D eigenvalue weighted by Gasteiger charge is 2.17. The molecule has 5 heteroatoms. The third kappa shape index (κ3) is 3.04. The summed E-state index contributed by atoms with van der Waals surface area (Å²) in [6, 6.07) is 9.77. The number of benzene rings is 2. The van der Waals surface area contributed by atoms with Crippen LogP contribution in [0.4, 0.5) is 4.39 Å². The van der Waals surface area contributed by atoms with Crippen molar-refractivity contribution in [3.05, 3.63) is 66.4 Å². The molecule has 2 rings (SSSR count). The number of rotatable bonds is 2. The first kappa shape index (κ1) is 14.2. The summed E-state index contributed by atoms with van der Waals surface area (Å²) in [6.45, 7) is 0. The first-order valence-electron chi connectivity index (χ1n) is 5.07. The largest absolute Gasteiger partial charge is 0.384 e. The Morgan fingerprint density at radius 3 is 2.56 bits per heavy atom. The van der Waals surface area contributed by atoms with Crippen LogP contribution in [0, 0.1) is 9.39 Å². The van der Waals surface area contributed by atoms with E-state index in [0.717, 1.165) is 8.04 Å². The maximum Gasteiger partial charge on any atom is 0.130 e. The van der Waals surface area contributed by atoms with E-state index in [1.54, 1.807) is 12.1 Å². The summed E-state index contributed by atoms with van der Waals surface area (Å²) in [5.41, 5.74) is 0.876. The molecule has 94 valence electrons. The molecule has 18 heavy (non-hydrogen) atoms. The lowest BCUT2D eigenvalue weighted by Gasteiger charge is -2.14. The molecule has 0 heterocycles. The van der Waals surface area contributed by atoms with Crippen LogP contribution in [-0.4, -0.2) is 5.11 Å². The quantitative estimate of drug-likeness (QED) is 0.656. The van der Waals surface area contributed by atoms with Crippen LogP contribution in [0.3, 0.4) is 0 Å². The minimum absolute atomic E-state index is 0.218.